The van der Waals surface area contributed by atoms with Crippen LogP contribution in [0.25, 0.3) is 0 Å². The van der Waals surface area contributed by atoms with Gasteiger partial charge in [0.05, 0.1) is 5.56 Å². The zero-order valence-electron chi connectivity index (χ0n) is 15.5. The maximum Gasteiger partial charge on any atom is 0.340 e. The number of ether oxygens (including phenoxy) is 1. The SMILES string of the molecule is O=C(OCC(=O)N(CCc1ccccc1)Cc1ccccc1)c1cccnc1. The van der Waals surface area contributed by atoms with Crippen LogP contribution in [0.1, 0.15) is 21.5 Å². The Hall–Kier alpha value is -3.47. The fourth-order valence-electron chi connectivity index (χ4n) is 2.79. The van der Waals surface area contributed by atoms with Gasteiger partial charge in [0.15, 0.2) is 6.61 Å². The van der Waals surface area contributed by atoms with Crippen LogP contribution in [0.4, 0.5) is 0 Å². The number of pyridine rings is 1. The van der Waals surface area contributed by atoms with Crippen LogP contribution in [-0.2, 0) is 22.5 Å². The van der Waals surface area contributed by atoms with Crippen LogP contribution >= 0.6 is 0 Å². The molecule has 0 saturated carbocycles. The molecule has 3 rings (SSSR count). The van der Waals surface area contributed by atoms with Crippen LogP contribution in [0.5, 0.6) is 0 Å². The summed E-state index contributed by atoms with van der Waals surface area (Å²) in [5, 5.41) is 0. The Morgan fingerprint density at radius 3 is 2.18 bits per heavy atom. The highest BCUT2D eigenvalue weighted by molar-refractivity contribution is 5.90. The van der Waals surface area contributed by atoms with Gasteiger partial charge in [0.25, 0.3) is 5.91 Å². The van der Waals surface area contributed by atoms with Crippen molar-refractivity contribution in [2.45, 2.75) is 13.0 Å². The largest absolute Gasteiger partial charge is 0.452 e. The highest BCUT2D eigenvalue weighted by Crippen LogP contribution is 2.09. The molecule has 0 aliphatic carbocycles. The normalized spacial score (nSPS) is 10.3. The van der Waals surface area contributed by atoms with Crippen molar-refractivity contribution in [2.75, 3.05) is 13.2 Å². The third-order valence-electron chi connectivity index (χ3n) is 4.31. The minimum absolute atomic E-state index is 0.225. The van der Waals surface area contributed by atoms with E-state index in [0.717, 1.165) is 17.5 Å². The molecule has 1 heterocycles. The maximum atomic E-state index is 12.7. The predicted octanol–water partition coefficient (Wildman–Crippen LogP) is 3.51. The molecule has 0 saturated heterocycles. The molecule has 0 radical (unpaired) electrons. The summed E-state index contributed by atoms with van der Waals surface area (Å²) in [4.78, 5) is 30.4. The molecule has 0 spiro atoms. The summed E-state index contributed by atoms with van der Waals surface area (Å²) in [5.41, 5.74) is 2.51. The standard InChI is InChI=1S/C23H22N2O3/c26-22(18-28-23(27)21-12-7-14-24-16-21)25(17-20-10-5-2-6-11-20)15-13-19-8-3-1-4-9-19/h1-12,14,16H,13,15,17-18H2. The minimum Gasteiger partial charge on any atom is -0.452 e. The molecule has 0 atom stereocenters. The molecule has 0 bridgehead atoms. The lowest BCUT2D eigenvalue weighted by Crippen LogP contribution is -2.35. The van der Waals surface area contributed by atoms with Crippen LogP contribution in [0.2, 0.25) is 0 Å². The number of nitrogens with zero attached hydrogens (tertiary/aromatic N) is 2. The quantitative estimate of drug-likeness (QED) is 0.566. The third kappa shape index (κ3) is 5.77. The molecule has 0 aliphatic heterocycles. The molecule has 5 nitrogen and oxygen atoms in total. The van der Waals surface area contributed by atoms with Crippen LogP contribution in [0.15, 0.2) is 85.2 Å². The summed E-state index contributed by atoms with van der Waals surface area (Å²) in [7, 11) is 0. The van der Waals surface area contributed by atoms with Gasteiger partial charge in [0, 0.05) is 25.5 Å². The number of carbonyl (C=O) groups is 2. The molecule has 3 aromatic rings. The number of benzene rings is 2. The van der Waals surface area contributed by atoms with E-state index < -0.39 is 5.97 Å². The van der Waals surface area contributed by atoms with Crippen molar-refractivity contribution in [3.63, 3.8) is 0 Å². The van der Waals surface area contributed by atoms with E-state index in [1.165, 1.54) is 6.20 Å². The lowest BCUT2D eigenvalue weighted by Gasteiger charge is -2.23. The highest BCUT2D eigenvalue weighted by Gasteiger charge is 2.17. The number of amides is 1. The number of hydrogen-bond acceptors (Lipinski definition) is 4. The molecule has 142 valence electrons. The average Bonchev–Trinajstić information content (AvgIpc) is 2.76. The van der Waals surface area contributed by atoms with Gasteiger partial charge >= 0.3 is 5.97 Å². The van der Waals surface area contributed by atoms with E-state index >= 15 is 0 Å². The summed E-state index contributed by atoms with van der Waals surface area (Å²) in [6, 6.07) is 23.0. The molecule has 1 amide bonds. The first kappa shape index (κ1) is 19.3. The van der Waals surface area contributed by atoms with Crippen LogP contribution in [0, 0.1) is 0 Å². The Balaban J connectivity index is 1.62. The van der Waals surface area contributed by atoms with Gasteiger partial charge in [0.1, 0.15) is 0 Å². The van der Waals surface area contributed by atoms with Crippen molar-refractivity contribution in [3.05, 3.63) is 102 Å². The second-order valence-corrected chi connectivity index (χ2v) is 6.35. The Kier molecular flexibility index (Phi) is 6.90. The minimum atomic E-state index is -0.552. The molecule has 0 fully saturated rings. The van der Waals surface area contributed by atoms with Crippen molar-refractivity contribution in [2.24, 2.45) is 0 Å². The van der Waals surface area contributed by atoms with Crippen molar-refractivity contribution in [1.82, 2.24) is 9.88 Å². The van der Waals surface area contributed by atoms with E-state index in [-0.39, 0.29) is 12.5 Å². The molecule has 0 unspecified atom stereocenters. The van der Waals surface area contributed by atoms with Crippen LogP contribution in [0.3, 0.4) is 0 Å². The van der Waals surface area contributed by atoms with Crippen molar-refractivity contribution in [1.29, 1.82) is 0 Å². The zero-order chi connectivity index (χ0) is 19.6. The zero-order valence-corrected chi connectivity index (χ0v) is 15.5. The van der Waals surface area contributed by atoms with Gasteiger partial charge in [-0.05, 0) is 29.7 Å². The fourth-order valence-corrected chi connectivity index (χ4v) is 2.79. The highest BCUT2D eigenvalue weighted by atomic mass is 16.5. The van der Waals surface area contributed by atoms with Gasteiger partial charge in [-0.2, -0.15) is 0 Å². The van der Waals surface area contributed by atoms with Gasteiger partial charge in [-0.25, -0.2) is 4.79 Å². The Morgan fingerprint density at radius 1 is 0.857 bits per heavy atom. The smallest absolute Gasteiger partial charge is 0.340 e. The predicted molar refractivity (Wildman–Crippen MR) is 107 cm³/mol. The van der Waals surface area contributed by atoms with E-state index in [9.17, 15) is 9.59 Å². The Morgan fingerprint density at radius 2 is 1.54 bits per heavy atom. The lowest BCUT2D eigenvalue weighted by atomic mass is 10.1. The Bertz CT molecular complexity index is 883. The van der Waals surface area contributed by atoms with E-state index in [1.807, 2.05) is 60.7 Å². The maximum absolute atomic E-state index is 12.7. The molecular weight excluding hydrogens is 352 g/mol. The van der Waals surface area contributed by atoms with Gasteiger partial charge in [-0.3, -0.25) is 9.78 Å². The average molecular weight is 374 g/mol. The van der Waals surface area contributed by atoms with Crippen molar-refractivity contribution < 1.29 is 14.3 Å². The first-order valence-electron chi connectivity index (χ1n) is 9.15. The summed E-state index contributed by atoms with van der Waals surface area (Å²) < 4.78 is 5.19. The number of esters is 1. The van der Waals surface area contributed by atoms with E-state index in [0.29, 0.717) is 18.7 Å². The lowest BCUT2D eigenvalue weighted by molar-refractivity contribution is -0.135. The van der Waals surface area contributed by atoms with Crippen molar-refractivity contribution >= 4 is 11.9 Å². The first-order valence-corrected chi connectivity index (χ1v) is 9.15. The number of rotatable bonds is 8. The summed E-state index contributed by atoms with van der Waals surface area (Å²) in [5.74, 6) is -0.777. The van der Waals surface area contributed by atoms with Crippen molar-refractivity contribution in [3.8, 4) is 0 Å². The summed E-state index contributed by atoms with van der Waals surface area (Å²) >= 11 is 0. The molecule has 5 heteroatoms. The van der Waals surface area contributed by atoms with E-state index in [1.54, 1.807) is 23.2 Å². The molecule has 28 heavy (non-hydrogen) atoms. The monoisotopic (exact) mass is 374 g/mol. The molecule has 0 N–H and O–H groups in total. The number of carbonyl (C=O) groups excluding carboxylic acids is 2. The molecular formula is C23H22N2O3. The van der Waals surface area contributed by atoms with E-state index in [4.69, 9.17) is 4.74 Å². The van der Waals surface area contributed by atoms with Gasteiger partial charge in [-0.1, -0.05) is 60.7 Å². The van der Waals surface area contributed by atoms with E-state index in [2.05, 4.69) is 4.98 Å². The topological polar surface area (TPSA) is 59.5 Å². The van der Waals surface area contributed by atoms with Gasteiger partial charge in [0.2, 0.25) is 0 Å². The molecule has 2 aromatic carbocycles. The Labute approximate surface area is 164 Å². The summed E-state index contributed by atoms with van der Waals surface area (Å²) in [6.07, 6.45) is 3.73. The van der Waals surface area contributed by atoms with Gasteiger partial charge in [-0.15, -0.1) is 0 Å². The second-order valence-electron chi connectivity index (χ2n) is 6.35. The fraction of sp³-hybridized carbons (Fsp3) is 0.174. The summed E-state index contributed by atoms with van der Waals surface area (Å²) in [6.45, 7) is 0.717. The first-order chi connectivity index (χ1) is 13.7. The van der Waals surface area contributed by atoms with Crippen LogP contribution < -0.4 is 0 Å². The number of hydrogen-bond donors (Lipinski definition) is 0. The molecule has 1 aromatic heterocycles. The molecule has 0 aliphatic rings. The second kappa shape index (κ2) is 10.0. The van der Waals surface area contributed by atoms with Gasteiger partial charge < -0.3 is 9.64 Å². The third-order valence-corrected chi connectivity index (χ3v) is 4.31. The van der Waals surface area contributed by atoms with Crippen LogP contribution in [-0.4, -0.2) is 34.9 Å². The number of aromatic nitrogens is 1.